The number of aliphatic hydroxyl groups is 2. The Bertz CT molecular complexity index is 889. The molecule has 154 valence electrons. The van der Waals surface area contributed by atoms with Gasteiger partial charge in [0.15, 0.2) is 5.78 Å². The number of halogens is 1. The third-order valence-corrected chi connectivity index (χ3v) is 9.92. The summed E-state index contributed by atoms with van der Waals surface area (Å²) in [5, 5.41) is 19.0. The van der Waals surface area contributed by atoms with Crippen LogP contribution in [-0.2, 0) is 13.7 Å². The molecule has 0 atom stereocenters. The monoisotopic (exact) mass is 490 g/mol. The number of Topliss-reactive ketones (excluding diaryl/α,β-unsaturated/α-hetero) is 1. The van der Waals surface area contributed by atoms with Gasteiger partial charge in [-0.15, -0.1) is 10.3 Å². The summed E-state index contributed by atoms with van der Waals surface area (Å²) in [5.41, 5.74) is 1.31. The van der Waals surface area contributed by atoms with Crippen LogP contribution in [0.4, 0.5) is 0 Å². The minimum absolute atomic E-state index is 0.0260. The molecule has 2 N–H and O–H groups in total. The third kappa shape index (κ3) is 6.13. The number of hydrogen-bond acceptors (Lipinski definition) is 6. The molecular formula is C19H23BrO6S2. The number of aliphatic hydroxyl groups excluding tert-OH is 2. The van der Waals surface area contributed by atoms with E-state index in [1.165, 1.54) is 12.1 Å². The summed E-state index contributed by atoms with van der Waals surface area (Å²) < 4.78 is 31.9. The summed E-state index contributed by atoms with van der Waals surface area (Å²) in [6, 6.07) is 12.9. The van der Waals surface area contributed by atoms with Gasteiger partial charge in [0.2, 0.25) is 0 Å². The van der Waals surface area contributed by atoms with Gasteiger partial charge in [0.05, 0.1) is 23.9 Å². The number of hydrogen-bond donors (Lipinski definition) is 2. The fourth-order valence-electron chi connectivity index (χ4n) is 2.56. The van der Waals surface area contributed by atoms with E-state index in [0.717, 1.165) is 10.0 Å². The molecule has 2 rings (SSSR count). The first-order valence-corrected chi connectivity index (χ1v) is 12.8. The maximum absolute atomic E-state index is 12.8. The lowest BCUT2D eigenvalue weighted by molar-refractivity contribution is 0.102. The molecule has 2 aromatic rings. The first-order valence-electron chi connectivity index (χ1n) is 8.51. The van der Waals surface area contributed by atoms with Crippen molar-refractivity contribution in [3.63, 3.8) is 0 Å². The minimum atomic E-state index is -4.16. The summed E-state index contributed by atoms with van der Waals surface area (Å²) in [5.74, 6) is -0.564. The van der Waals surface area contributed by atoms with Gasteiger partial charge in [0, 0.05) is 21.5 Å². The van der Waals surface area contributed by atoms with E-state index in [2.05, 4.69) is 15.9 Å². The van der Waals surface area contributed by atoms with E-state index in [1.807, 2.05) is 6.92 Å². The van der Waals surface area contributed by atoms with Crippen LogP contribution in [0.25, 0.3) is 0 Å². The average molecular weight is 491 g/mol. The highest BCUT2D eigenvalue weighted by molar-refractivity contribution is 9.10. The molecule has 0 saturated carbocycles. The molecule has 2 aromatic carbocycles. The van der Waals surface area contributed by atoms with Crippen molar-refractivity contribution in [2.24, 2.45) is 0 Å². The average Bonchev–Trinajstić information content (AvgIpc) is 2.62. The molecule has 0 fully saturated rings. The Labute approximate surface area is 175 Å². The molecular weight excluding hydrogens is 468 g/mol. The molecule has 0 radical (unpaired) electrons. The van der Waals surface area contributed by atoms with Crippen molar-refractivity contribution in [3.05, 3.63) is 64.1 Å². The van der Waals surface area contributed by atoms with Gasteiger partial charge < -0.3 is 10.2 Å². The predicted octanol–water partition coefficient (Wildman–Crippen LogP) is 3.05. The lowest BCUT2D eigenvalue weighted by Gasteiger charge is -2.36. The zero-order valence-corrected chi connectivity index (χ0v) is 18.6. The van der Waals surface area contributed by atoms with Gasteiger partial charge in [-0.05, 0) is 31.2 Å². The van der Waals surface area contributed by atoms with Gasteiger partial charge in [0.25, 0.3) is 0 Å². The van der Waals surface area contributed by atoms with E-state index in [4.69, 9.17) is 3.63 Å². The summed E-state index contributed by atoms with van der Waals surface area (Å²) in [4.78, 5) is 12.7. The molecule has 28 heavy (non-hydrogen) atoms. The van der Waals surface area contributed by atoms with Crippen LogP contribution in [0.1, 0.15) is 15.9 Å². The van der Waals surface area contributed by atoms with Crippen LogP contribution < -0.4 is 0 Å². The molecule has 9 heteroatoms. The lowest BCUT2D eigenvalue weighted by atomic mass is 10.2. The molecule has 0 aromatic heterocycles. The molecule has 0 aliphatic carbocycles. The smallest absolute Gasteiger partial charge is 0.306 e. The zero-order valence-electron chi connectivity index (χ0n) is 15.4. The van der Waals surface area contributed by atoms with Gasteiger partial charge in [0.1, 0.15) is 0 Å². The van der Waals surface area contributed by atoms with Crippen LogP contribution in [0.5, 0.6) is 0 Å². The number of carbonyl (C=O) groups excluding carboxylic acids is 1. The molecule has 0 amide bonds. The first-order chi connectivity index (χ1) is 13.2. The van der Waals surface area contributed by atoms with E-state index in [-0.39, 0.29) is 41.2 Å². The Balaban J connectivity index is 2.34. The molecule has 0 saturated heterocycles. The van der Waals surface area contributed by atoms with E-state index in [0.29, 0.717) is 5.56 Å². The number of ketones is 1. The van der Waals surface area contributed by atoms with Crippen LogP contribution in [0.2, 0.25) is 0 Å². The number of carbonyl (C=O) groups is 1. The number of benzene rings is 2. The Morgan fingerprint density at radius 2 is 1.50 bits per heavy atom. The Morgan fingerprint density at radius 1 is 0.964 bits per heavy atom. The van der Waals surface area contributed by atoms with Gasteiger partial charge in [-0.1, -0.05) is 45.8 Å². The summed E-state index contributed by atoms with van der Waals surface area (Å²) >= 11 is 3.30. The van der Waals surface area contributed by atoms with Crippen molar-refractivity contribution in [1.82, 2.24) is 0 Å². The van der Waals surface area contributed by atoms with Crippen LogP contribution in [0.15, 0.2) is 57.9 Å². The Kier molecular flexibility index (Phi) is 8.23. The van der Waals surface area contributed by atoms with Crippen LogP contribution in [0.3, 0.4) is 0 Å². The van der Waals surface area contributed by atoms with Crippen molar-refractivity contribution < 1.29 is 27.1 Å². The van der Waals surface area contributed by atoms with Gasteiger partial charge >= 0.3 is 10.1 Å². The van der Waals surface area contributed by atoms with Crippen LogP contribution >= 0.6 is 26.2 Å². The van der Waals surface area contributed by atoms with Gasteiger partial charge in [-0.25, -0.2) is 3.63 Å². The summed E-state index contributed by atoms with van der Waals surface area (Å²) in [6.07, 6.45) is 0. The quantitative estimate of drug-likeness (QED) is 0.496. The van der Waals surface area contributed by atoms with E-state index < -0.39 is 20.4 Å². The molecule has 0 unspecified atom stereocenters. The molecule has 6 nitrogen and oxygen atoms in total. The zero-order chi connectivity index (χ0) is 20.8. The SMILES string of the molecule is Cc1ccc(S(=O)(=O)OS(CCO)(CCO)CC(=O)c2ccc(Br)cc2)cc1. The Morgan fingerprint density at radius 3 is 2.00 bits per heavy atom. The molecule has 0 aliphatic rings. The molecule has 0 spiro atoms. The van der Waals surface area contributed by atoms with Crippen LogP contribution in [-0.4, -0.2) is 54.9 Å². The fraction of sp³-hybridized carbons (Fsp3) is 0.316. The maximum atomic E-state index is 12.8. The molecule has 0 aliphatic heterocycles. The lowest BCUT2D eigenvalue weighted by Crippen LogP contribution is -2.27. The van der Waals surface area contributed by atoms with Crippen molar-refractivity contribution in [2.75, 3.05) is 30.5 Å². The van der Waals surface area contributed by atoms with Gasteiger partial charge in [-0.3, -0.25) is 4.79 Å². The standard InChI is InChI=1S/C19H23BrO6S2/c1-15-2-8-18(9-3-15)28(24,25)26-27(12-10-21,13-11-22)14-19(23)16-4-6-17(20)7-5-16/h2-9,21-22H,10-14H2,1H3. The minimum Gasteiger partial charge on any atom is -0.395 e. The number of rotatable bonds is 10. The second kappa shape index (κ2) is 10.00. The first kappa shape index (κ1) is 23.1. The highest BCUT2D eigenvalue weighted by atomic mass is 79.9. The number of aryl methyl sites for hydroxylation is 1. The van der Waals surface area contributed by atoms with Crippen LogP contribution in [0, 0.1) is 6.92 Å². The van der Waals surface area contributed by atoms with Gasteiger partial charge in [-0.2, -0.15) is 8.42 Å². The van der Waals surface area contributed by atoms with E-state index >= 15 is 0 Å². The van der Waals surface area contributed by atoms with E-state index in [9.17, 15) is 23.4 Å². The van der Waals surface area contributed by atoms with Crippen molar-refractivity contribution in [3.8, 4) is 0 Å². The highest BCUT2D eigenvalue weighted by Crippen LogP contribution is 2.51. The summed E-state index contributed by atoms with van der Waals surface area (Å²) in [6.45, 7) is 1.12. The largest absolute Gasteiger partial charge is 0.395 e. The topological polar surface area (TPSA) is 101 Å². The van der Waals surface area contributed by atoms with E-state index in [1.54, 1.807) is 36.4 Å². The normalized spacial score (nSPS) is 12.7. The second-order valence-corrected chi connectivity index (χ2v) is 12.1. The Hall–Kier alpha value is -1.23. The van der Waals surface area contributed by atoms with Crippen molar-refractivity contribution in [2.45, 2.75) is 11.8 Å². The third-order valence-electron chi connectivity index (χ3n) is 4.03. The molecule has 0 heterocycles. The predicted molar refractivity (Wildman–Crippen MR) is 114 cm³/mol. The van der Waals surface area contributed by atoms with Crippen molar-refractivity contribution in [1.29, 1.82) is 0 Å². The fourth-order valence-corrected chi connectivity index (χ4v) is 7.67. The second-order valence-electron chi connectivity index (χ2n) is 6.23. The molecule has 0 bridgehead atoms. The summed E-state index contributed by atoms with van der Waals surface area (Å²) in [7, 11) is -6.78. The highest BCUT2D eigenvalue weighted by Gasteiger charge is 2.34. The van der Waals surface area contributed by atoms with Crippen molar-refractivity contribution >= 4 is 42.1 Å². The maximum Gasteiger partial charge on any atom is 0.306 e.